The molecule has 14 heavy (non-hydrogen) atoms. The molecular formula is C11H18O3. The molecule has 1 fully saturated rings. The van der Waals surface area contributed by atoms with E-state index in [9.17, 15) is 4.79 Å². The first kappa shape index (κ1) is 11.2. The van der Waals surface area contributed by atoms with Crippen molar-refractivity contribution in [3.63, 3.8) is 0 Å². The molecule has 1 heterocycles. The van der Waals surface area contributed by atoms with E-state index < -0.39 is 0 Å². The van der Waals surface area contributed by atoms with Crippen LogP contribution in [0.5, 0.6) is 0 Å². The molecule has 1 aliphatic rings. The topological polar surface area (TPSA) is 35.5 Å². The molecular weight excluding hydrogens is 180 g/mol. The van der Waals surface area contributed by atoms with Crippen molar-refractivity contribution in [3.8, 4) is 0 Å². The Morgan fingerprint density at radius 2 is 2.50 bits per heavy atom. The van der Waals surface area contributed by atoms with Crippen LogP contribution in [0.15, 0.2) is 12.7 Å². The second-order valence-corrected chi connectivity index (χ2v) is 4.14. The summed E-state index contributed by atoms with van der Waals surface area (Å²) in [6.45, 7) is 8.80. The van der Waals surface area contributed by atoms with Gasteiger partial charge in [-0.15, -0.1) is 0 Å². The molecule has 2 unspecified atom stereocenters. The number of hydrogen-bond acceptors (Lipinski definition) is 3. The summed E-state index contributed by atoms with van der Waals surface area (Å²) in [7, 11) is 0. The highest BCUT2D eigenvalue weighted by atomic mass is 16.6. The van der Waals surface area contributed by atoms with Crippen LogP contribution >= 0.6 is 0 Å². The standard InChI is InChI=1S/C11H18O3/c1-4-10(12)13-7-9-6-11(3,5-2)8-14-9/h4,9H,1,5-8H2,2-3H3. The molecule has 0 saturated carbocycles. The van der Waals surface area contributed by atoms with Crippen LogP contribution in [0, 0.1) is 5.41 Å². The molecule has 1 saturated heterocycles. The third kappa shape index (κ3) is 2.84. The SMILES string of the molecule is C=CC(=O)OCC1CC(C)(CC)CO1. The van der Waals surface area contributed by atoms with Gasteiger partial charge in [-0.1, -0.05) is 20.4 Å². The lowest BCUT2D eigenvalue weighted by Gasteiger charge is -2.18. The van der Waals surface area contributed by atoms with Crippen molar-refractivity contribution >= 4 is 5.97 Å². The summed E-state index contributed by atoms with van der Waals surface area (Å²) >= 11 is 0. The highest BCUT2D eigenvalue weighted by Gasteiger charge is 2.34. The Kier molecular flexibility index (Phi) is 3.69. The average Bonchev–Trinajstić information content (AvgIpc) is 2.58. The largest absolute Gasteiger partial charge is 0.460 e. The first-order chi connectivity index (χ1) is 6.59. The van der Waals surface area contributed by atoms with Gasteiger partial charge in [0.1, 0.15) is 6.61 Å². The summed E-state index contributed by atoms with van der Waals surface area (Å²) in [6, 6.07) is 0. The number of rotatable bonds is 4. The molecule has 0 aromatic carbocycles. The van der Waals surface area contributed by atoms with E-state index in [2.05, 4.69) is 20.4 Å². The van der Waals surface area contributed by atoms with E-state index in [-0.39, 0.29) is 17.5 Å². The number of carbonyl (C=O) groups is 1. The van der Waals surface area contributed by atoms with E-state index in [1.165, 1.54) is 6.08 Å². The van der Waals surface area contributed by atoms with Gasteiger partial charge >= 0.3 is 5.97 Å². The van der Waals surface area contributed by atoms with Gasteiger partial charge in [0.2, 0.25) is 0 Å². The highest BCUT2D eigenvalue weighted by Crippen LogP contribution is 2.35. The maximum absolute atomic E-state index is 10.8. The zero-order valence-electron chi connectivity index (χ0n) is 8.91. The fourth-order valence-corrected chi connectivity index (χ4v) is 1.57. The van der Waals surface area contributed by atoms with E-state index in [4.69, 9.17) is 9.47 Å². The predicted molar refractivity (Wildman–Crippen MR) is 53.9 cm³/mol. The maximum Gasteiger partial charge on any atom is 0.330 e. The average molecular weight is 198 g/mol. The Morgan fingerprint density at radius 1 is 1.79 bits per heavy atom. The molecule has 1 rings (SSSR count). The van der Waals surface area contributed by atoms with Crippen LogP contribution in [-0.2, 0) is 14.3 Å². The van der Waals surface area contributed by atoms with Gasteiger partial charge in [-0.25, -0.2) is 4.79 Å². The molecule has 0 bridgehead atoms. The van der Waals surface area contributed by atoms with Crippen LogP contribution in [-0.4, -0.2) is 25.3 Å². The lowest BCUT2D eigenvalue weighted by molar-refractivity contribution is -0.140. The predicted octanol–water partition coefficient (Wildman–Crippen LogP) is 1.92. The lowest BCUT2D eigenvalue weighted by atomic mass is 9.85. The van der Waals surface area contributed by atoms with Crippen molar-refractivity contribution < 1.29 is 14.3 Å². The van der Waals surface area contributed by atoms with Crippen molar-refractivity contribution in [2.75, 3.05) is 13.2 Å². The molecule has 0 aromatic heterocycles. The summed E-state index contributed by atoms with van der Waals surface area (Å²) in [4.78, 5) is 10.8. The first-order valence-electron chi connectivity index (χ1n) is 5.00. The summed E-state index contributed by atoms with van der Waals surface area (Å²) in [6.07, 6.45) is 3.30. The van der Waals surface area contributed by atoms with E-state index in [0.717, 1.165) is 19.4 Å². The molecule has 0 aliphatic carbocycles. The van der Waals surface area contributed by atoms with Gasteiger partial charge in [0, 0.05) is 6.08 Å². The van der Waals surface area contributed by atoms with E-state index >= 15 is 0 Å². The summed E-state index contributed by atoms with van der Waals surface area (Å²) in [5.74, 6) is -0.376. The van der Waals surface area contributed by atoms with Crippen molar-refractivity contribution in [2.24, 2.45) is 5.41 Å². The summed E-state index contributed by atoms with van der Waals surface area (Å²) in [5.41, 5.74) is 0.255. The lowest BCUT2D eigenvalue weighted by Crippen LogP contribution is -2.18. The fraction of sp³-hybridized carbons (Fsp3) is 0.727. The van der Waals surface area contributed by atoms with Crippen molar-refractivity contribution in [1.82, 2.24) is 0 Å². The second-order valence-electron chi connectivity index (χ2n) is 4.14. The Hall–Kier alpha value is -0.830. The summed E-state index contributed by atoms with van der Waals surface area (Å²) in [5, 5.41) is 0. The molecule has 1 aliphatic heterocycles. The molecule has 0 aromatic rings. The third-order valence-corrected chi connectivity index (χ3v) is 2.82. The first-order valence-corrected chi connectivity index (χ1v) is 5.00. The number of esters is 1. The fourth-order valence-electron chi connectivity index (χ4n) is 1.57. The smallest absolute Gasteiger partial charge is 0.330 e. The monoisotopic (exact) mass is 198 g/mol. The van der Waals surface area contributed by atoms with Crippen molar-refractivity contribution in [3.05, 3.63) is 12.7 Å². The Balaban J connectivity index is 2.29. The molecule has 0 radical (unpaired) electrons. The second kappa shape index (κ2) is 4.60. The Morgan fingerprint density at radius 3 is 3.00 bits per heavy atom. The third-order valence-electron chi connectivity index (χ3n) is 2.82. The number of carbonyl (C=O) groups excluding carboxylic acids is 1. The van der Waals surface area contributed by atoms with Gasteiger partial charge in [0.15, 0.2) is 0 Å². The van der Waals surface area contributed by atoms with Crippen LogP contribution < -0.4 is 0 Å². The highest BCUT2D eigenvalue weighted by molar-refractivity contribution is 5.81. The molecule has 0 N–H and O–H groups in total. The van der Waals surface area contributed by atoms with Crippen molar-refractivity contribution in [1.29, 1.82) is 0 Å². The minimum absolute atomic E-state index is 0.0591. The molecule has 3 nitrogen and oxygen atoms in total. The van der Waals surface area contributed by atoms with Gasteiger partial charge < -0.3 is 9.47 Å². The number of hydrogen-bond donors (Lipinski definition) is 0. The van der Waals surface area contributed by atoms with Gasteiger partial charge in [0.25, 0.3) is 0 Å². The van der Waals surface area contributed by atoms with Crippen LogP contribution in [0.25, 0.3) is 0 Å². The summed E-state index contributed by atoms with van der Waals surface area (Å²) < 4.78 is 10.5. The van der Waals surface area contributed by atoms with Gasteiger partial charge in [-0.05, 0) is 18.3 Å². The Bertz CT molecular complexity index is 225. The van der Waals surface area contributed by atoms with E-state index in [0.29, 0.717) is 6.61 Å². The molecule has 0 spiro atoms. The van der Waals surface area contributed by atoms with E-state index in [1.54, 1.807) is 0 Å². The molecule has 3 heteroatoms. The normalized spacial score (nSPS) is 31.4. The zero-order valence-corrected chi connectivity index (χ0v) is 8.91. The molecule has 0 amide bonds. The van der Waals surface area contributed by atoms with Gasteiger partial charge in [0.05, 0.1) is 12.7 Å². The van der Waals surface area contributed by atoms with Crippen LogP contribution in [0.2, 0.25) is 0 Å². The quantitative estimate of drug-likeness (QED) is 0.511. The minimum atomic E-state index is -0.376. The molecule has 2 atom stereocenters. The molecule has 80 valence electrons. The zero-order chi connectivity index (χ0) is 10.6. The van der Waals surface area contributed by atoms with E-state index in [1.807, 2.05) is 0 Å². The Labute approximate surface area is 85.1 Å². The van der Waals surface area contributed by atoms with Gasteiger partial charge in [-0.3, -0.25) is 0 Å². The minimum Gasteiger partial charge on any atom is -0.460 e. The van der Waals surface area contributed by atoms with Crippen LogP contribution in [0.4, 0.5) is 0 Å². The van der Waals surface area contributed by atoms with Crippen LogP contribution in [0.3, 0.4) is 0 Å². The van der Waals surface area contributed by atoms with Gasteiger partial charge in [-0.2, -0.15) is 0 Å². The maximum atomic E-state index is 10.8. The van der Waals surface area contributed by atoms with Crippen molar-refractivity contribution in [2.45, 2.75) is 32.8 Å². The number of ether oxygens (including phenoxy) is 2. The van der Waals surface area contributed by atoms with Crippen LogP contribution in [0.1, 0.15) is 26.7 Å².